The van der Waals surface area contributed by atoms with E-state index in [4.69, 9.17) is 0 Å². The van der Waals surface area contributed by atoms with Gasteiger partial charge in [0.05, 0.1) is 6.54 Å². The lowest BCUT2D eigenvalue weighted by Crippen LogP contribution is -2.51. The zero-order chi connectivity index (χ0) is 21.5. The Kier molecular flexibility index (Phi) is 7.80. The number of carbonyl (C=O) groups excluding carboxylic acids is 1. The topological polar surface area (TPSA) is 61.4 Å². The Bertz CT molecular complexity index is 785. The highest BCUT2D eigenvalue weighted by atomic mass is 16.2. The van der Waals surface area contributed by atoms with E-state index >= 15 is 0 Å². The molecular weight excluding hydrogens is 374 g/mol. The van der Waals surface area contributed by atoms with Crippen molar-refractivity contribution in [3.05, 3.63) is 53.9 Å². The van der Waals surface area contributed by atoms with Gasteiger partial charge in [0.25, 0.3) is 0 Å². The molecule has 30 heavy (non-hydrogen) atoms. The van der Waals surface area contributed by atoms with E-state index in [2.05, 4.69) is 72.1 Å². The van der Waals surface area contributed by atoms with Crippen LogP contribution >= 0.6 is 0 Å². The number of rotatable bonds is 8. The molecule has 1 saturated heterocycles. The number of nitrogens with one attached hydrogen (secondary N) is 1. The van der Waals surface area contributed by atoms with Gasteiger partial charge >= 0.3 is 0 Å². The molecule has 2 heterocycles. The van der Waals surface area contributed by atoms with Crippen molar-refractivity contribution < 1.29 is 4.79 Å². The Morgan fingerprint density at radius 2 is 1.60 bits per heavy atom. The van der Waals surface area contributed by atoms with Gasteiger partial charge in [-0.1, -0.05) is 52.0 Å². The van der Waals surface area contributed by atoms with Gasteiger partial charge < -0.3 is 15.1 Å². The molecule has 0 saturated carbocycles. The lowest BCUT2D eigenvalue weighted by molar-refractivity contribution is -0.130. The molecule has 3 rings (SSSR count). The maximum Gasteiger partial charge on any atom is 0.236 e. The molecule has 1 amide bonds. The third-order valence-electron chi connectivity index (χ3n) is 6.08. The number of anilines is 1. The molecule has 1 aromatic carbocycles. The van der Waals surface area contributed by atoms with Crippen LogP contribution < -0.4 is 10.2 Å². The number of hydrogen-bond acceptors (Lipinski definition) is 5. The van der Waals surface area contributed by atoms with Gasteiger partial charge in [0.2, 0.25) is 11.9 Å². The van der Waals surface area contributed by atoms with E-state index in [-0.39, 0.29) is 11.9 Å². The minimum Gasteiger partial charge on any atom is -0.338 e. The number of amides is 1. The minimum atomic E-state index is 0.158. The zero-order valence-corrected chi connectivity index (χ0v) is 18.7. The van der Waals surface area contributed by atoms with Gasteiger partial charge in [0.15, 0.2) is 0 Å². The number of carbonyl (C=O) groups is 1. The van der Waals surface area contributed by atoms with Gasteiger partial charge in [0.1, 0.15) is 0 Å². The first-order valence-electron chi connectivity index (χ1n) is 11.1. The molecule has 0 bridgehead atoms. The Morgan fingerprint density at radius 1 is 1.00 bits per heavy atom. The van der Waals surface area contributed by atoms with E-state index in [1.807, 2.05) is 11.0 Å². The summed E-state index contributed by atoms with van der Waals surface area (Å²) < 4.78 is 0. The Labute approximate surface area is 180 Å². The maximum atomic E-state index is 12.8. The van der Waals surface area contributed by atoms with Gasteiger partial charge in [-0.05, 0) is 35.4 Å². The highest BCUT2D eigenvalue weighted by molar-refractivity contribution is 5.78. The molecule has 2 atom stereocenters. The summed E-state index contributed by atoms with van der Waals surface area (Å²) in [4.78, 5) is 25.5. The fourth-order valence-corrected chi connectivity index (χ4v) is 3.93. The van der Waals surface area contributed by atoms with Crippen LogP contribution in [-0.2, 0) is 4.79 Å². The van der Waals surface area contributed by atoms with Crippen LogP contribution in [0.2, 0.25) is 0 Å². The predicted octanol–water partition coefficient (Wildman–Crippen LogP) is 3.63. The highest BCUT2D eigenvalue weighted by Crippen LogP contribution is 2.25. The van der Waals surface area contributed by atoms with Crippen LogP contribution in [0.3, 0.4) is 0 Å². The van der Waals surface area contributed by atoms with E-state index in [0.29, 0.717) is 31.5 Å². The second kappa shape index (κ2) is 10.5. The lowest BCUT2D eigenvalue weighted by Gasteiger charge is -2.35. The van der Waals surface area contributed by atoms with Crippen molar-refractivity contribution in [1.29, 1.82) is 0 Å². The summed E-state index contributed by atoms with van der Waals surface area (Å²) in [7, 11) is 0. The first-order chi connectivity index (χ1) is 14.5. The van der Waals surface area contributed by atoms with E-state index in [9.17, 15) is 4.79 Å². The predicted molar refractivity (Wildman–Crippen MR) is 122 cm³/mol. The zero-order valence-electron chi connectivity index (χ0n) is 18.7. The van der Waals surface area contributed by atoms with Crippen molar-refractivity contribution >= 4 is 11.9 Å². The van der Waals surface area contributed by atoms with Gasteiger partial charge in [-0.15, -0.1) is 0 Å². The first-order valence-corrected chi connectivity index (χ1v) is 11.1. The average Bonchev–Trinajstić information content (AvgIpc) is 2.79. The van der Waals surface area contributed by atoms with E-state index in [1.54, 1.807) is 12.4 Å². The third kappa shape index (κ3) is 5.57. The molecule has 6 heteroatoms. The second-order valence-corrected chi connectivity index (χ2v) is 8.50. The molecule has 162 valence electrons. The van der Waals surface area contributed by atoms with Crippen LogP contribution in [0, 0.1) is 5.92 Å². The molecule has 1 aliphatic heterocycles. The van der Waals surface area contributed by atoms with Crippen LogP contribution in [0.4, 0.5) is 5.95 Å². The number of aromatic nitrogens is 2. The summed E-state index contributed by atoms with van der Waals surface area (Å²) in [6.45, 7) is 12.2. The molecule has 6 nitrogen and oxygen atoms in total. The largest absolute Gasteiger partial charge is 0.338 e. The third-order valence-corrected chi connectivity index (χ3v) is 6.08. The quantitative estimate of drug-likeness (QED) is 0.721. The van der Waals surface area contributed by atoms with Crippen LogP contribution in [0.15, 0.2) is 42.7 Å². The summed E-state index contributed by atoms with van der Waals surface area (Å²) in [5.74, 6) is 1.87. The van der Waals surface area contributed by atoms with Crippen molar-refractivity contribution in [2.24, 2.45) is 5.92 Å². The van der Waals surface area contributed by atoms with Gasteiger partial charge in [-0.2, -0.15) is 0 Å². The Hall–Kier alpha value is -2.47. The number of benzene rings is 1. The van der Waals surface area contributed by atoms with Crippen molar-refractivity contribution in [3.63, 3.8) is 0 Å². The van der Waals surface area contributed by atoms with Gasteiger partial charge in [-0.25, -0.2) is 9.97 Å². The normalized spacial score (nSPS) is 16.6. The first kappa shape index (κ1) is 22.2. The van der Waals surface area contributed by atoms with E-state index in [1.165, 1.54) is 11.1 Å². The summed E-state index contributed by atoms with van der Waals surface area (Å²) >= 11 is 0. The van der Waals surface area contributed by atoms with Crippen molar-refractivity contribution in [2.45, 2.75) is 46.1 Å². The molecule has 1 N–H and O–H groups in total. The monoisotopic (exact) mass is 409 g/mol. The fraction of sp³-hybridized carbons (Fsp3) is 0.542. The van der Waals surface area contributed by atoms with Gasteiger partial charge in [-0.3, -0.25) is 4.79 Å². The van der Waals surface area contributed by atoms with Crippen LogP contribution in [0.25, 0.3) is 0 Å². The number of piperazine rings is 1. The summed E-state index contributed by atoms with van der Waals surface area (Å²) in [5, 5.41) is 3.51. The molecular formula is C24H35N5O. The molecule has 1 aliphatic rings. The van der Waals surface area contributed by atoms with Crippen molar-refractivity contribution in [1.82, 2.24) is 20.2 Å². The Morgan fingerprint density at radius 3 is 2.17 bits per heavy atom. The molecule has 0 spiro atoms. The SMILES string of the molecule is CC[C@@H](C)c1ccc([C@H](NCC(=O)N2CCN(c3ncccn3)CC2)C(C)C)cc1. The number of nitrogens with zero attached hydrogens (tertiary/aromatic N) is 4. The smallest absolute Gasteiger partial charge is 0.236 e. The highest BCUT2D eigenvalue weighted by Gasteiger charge is 2.24. The number of hydrogen-bond donors (Lipinski definition) is 1. The van der Waals surface area contributed by atoms with E-state index < -0.39 is 0 Å². The summed E-state index contributed by atoms with van der Waals surface area (Å²) in [6.07, 6.45) is 4.65. The molecule has 1 fully saturated rings. The van der Waals surface area contributed by atoms with Crippen molar-refractivity contribution in [2.75, 3.05) is 37.6 Å². The molecule has 1 aromatic heterocycles. The molecule has 0 unspecified atom stereocenters. The second-order valence-electron chi connectivity index (χ2n) is 8.50. The summed E-state index contributed by atoms with van der Waals surface area (Å²) in [6, 6.07) is 10.9. The minimum absolute atomic E-state index is 0.158. The molecule has 0 radical (unpaired) electrons. The fourth-order valence-electron chi connectivity index (χ4n) is 3.93. The van der Waals surface area contributed by atoms with Crippen LogP contribution in [0.1, 0.15) is 57.2 Å². The van der Waals surface area contributed by atoms with Crippen LogP contribution in [0.5, 0.6) is 0 Å². The van der Waals surface area contributed by atoms with E-state index in [0.717, 1.165) is 25.5 Å². The van der Waals surface area contributed by atoms with Crippen molar-refractivity contribution in [3.8, 4) is 0 Å². The molecule has 2 aromatic rings. The maximum absolute atomic E-state index is 12.8. The Balaban J connectivity index is 1.53. The van der Waals surface area contributed by atoms with Gasteiger partial charge in [0, 0.05) is 44.6 Å². The standard InChI is InChI=1S/C24H35N5O/c1-5-19(4)20-7-9-21(10-8-20)23(18(2)3)27-17-22(30)28-13-15-29(16-14-28)24-25-11-6-12-26-24/h6-12,18-19,23,27H,5,13-17H2,1-4H3/t19-,23-/m1/s1. The molecule has 0 aliphatic carbocycles. The van der Waals surface area contributed by atoms with Crippen LogP contribution in [-0.4, -0.2) is 53.5 Å². The lowest BCUT2D eigenvalue weighted by atomic mass is 9.92. The summed E-state index contributed by atoms with van der Waals surface area (Å²) in [5.41, 5.74) is 2.62. The average molecular weight is 410 g/mol.